The summed E-state index contributed by atoms with van der Waals surface area (Å²) >= 11 is 0. The van der Waals surface area contributed by atoms with E-state index in [2.05, 4.69) is 75.6 Å². The summed E-state index contributed by atoms with van der Waals surface area (Å²) in [5, 5.41) is 4.29. The van der Waals surface area contributed by atoms with E-state index in [1.807, 2.05) is 24.3 Å². The fraction of sp³-hybridized carbons (Fsp3) is 0.323. The summed E-state index contributed by atoms with van der Waals surface area (Å²) in [5.41, 5.74) is 4.36. The van der Waals surface area contributed by atoms with Crippen molar-refractivity contribution in [1.82, 2.24) is 15.0 Å². The minimum Gasteiger partial charge on any atom is -0.493 e. The van der Waals surface area contributed by atoms with Crippen molar-refractivity contribution in [3.8, 4) is 22.8 Å². The topological polar surface area (TPSA) is 51.0 Å². The van der Waals surface area contributed by atoms with Gasteiger partial charge in [-0.25, -0.2) is 0 Å². The number of methoxy groups -OCH3 is 2. The third-order valence-corrected chi connectivity index (χ3v) is 7.14. The van der Waals surface area contributed by atoms with Crippen molar-refractivity contribution in [1.29, 1.82) is 0 Å². The predicted octanol–water partition coefficient (Wildman–Crippen LogP) is 5.70. The van der Waals surface area contributed by atoms with Gasteiger partial charge in [0.2, 0.25) is 0 Å². The largest absolute Gasteiger partial charge is 0.493 e. The Bertz CT molecular complexity index is 1210. The van der Waals surface area contributed by atoms with Gasteiger partial charge in [-0.15, -0.1) is 0 Å². The Kier molecular flexibility index (Phi) is 8.18. The number of aromatic nitrogens is 1. The molecule has 1 saturated heterocycles. The van der Waals surface area contributed by atoms with E-state index in [4.69, 9.17) is 14.0 Å². The number of rotatable bonds is 10. The van der Waals surface area contributed by atoms with Crippen LogP contribution in [-0.2, 0) is 6.42 Å². The second-order valence-electron chi connectivity index (χ2n) is 9.42. The number of hydrogen-bond donors (Lipinski definition) is 0. The number of nitrogens with zero attached hydrogens (tertiary/aromatic N) is 3. The zero-order valence-corrected chi connectivity index (χ0v) is 21.7. The van der Waals surface area contributed by atoms with Crippen LogP contribution in [0.3, 0.4) is 0 Å². The molecule has 37 heavy (non-hydrogen) atoms. The minimum absolute atomic E-state index is 0.297. The molecule has 3 aromatic carbocycles. The number of benzene rings is 3. The molecule has 1 aliphatic rings. The molecule has 0 unspecified atom stereocenters. The molecule has 0 aliphatic carbocycles. The lowest BCUT2D eigenvalue weighted by atomic mass is 9.96. The second kappa shape index (κ2) is 12.1. The van der Waals surface area contributed by atoms with Gasteiger partial charge < -0.3 is 18.9 Å². The van der Waals surface area contributed by atoms with Crippen LogP contribution in [0.15, 0.2) is 89.5 Å². The molecule has 0 spiro atoms. The van der Waals surface area contributed by atoms with Crippen molar-refractivity contribution in [2.24, 2.45) is 0 Å². The first kappa shape index (κ1) is 25.1. The van der Waals surface area contributed by atoms with Gasteiger partial charge in [-0.05, 0) is 36.2 Å². The lowest BCUT2D eigenvalue weighted by Gasteiger charge is -2.39. The smallest absolute Gasteiger partial charge is 0.170 e. The second-order valence-corrected chi connectivity index (χ2v) is 9.42. The first-order chi connectivity index (χ1) is 18.3. The number of ether oxygens (including phenoxy) is 2. The van der Waals surface area contributed by atoms with E-state index < -0.39 is 0 Å². The van der Waals surface area contributed by atoms with Gasteiger partial charge in [0, 0.05) is 44.2 Å². The van der Waals surface area contributed by atoms with E-state index in [0.29, 0.717) is 17.5 Å². The van der Waals surface area contributed by atoms with Gasteiger partial charge in [0.05, 0.1) is 20.3 Å². The Morgan fingerprint density at radius 2 is 1.49 bits per heavy atom. The molecule has 4 aromatic rings. The molecule has 0 atom stereocenters. The van der Waals surface area contributed by atoms with Crippen LogP contribution in [0, 0.1) is 0 Å². The molecule has 1 fully saturated rings. The van der Waals surface area contributed by atoms with Crippen LogP contribution in [0.2, 0.25) is 0 Å². The standard InChI is InChI=1S/C31H35N3O3/c1-35-29-17-9-16-27(31(29)36-2)28-23-26(37-32-28)15-10-18-33-19-21-34(22-20-33)30(24-11-5-3-6-12-24)25-13-7-4-8-14-25/h3-9,11-14,16-17,23,30H,10,15,18-22H2,1-2H3. The molecule has 5 rings (SSSR count). The number of para-hydroxylation sites is 1. The number of aryl methyl sites for hydroxylation is 1. The summed E-state index contributed by atoms with van der Waals surface area (Å²) in [7, 11) is 3.28. The van der Waals surface area contributed by atoms with E-state index in [-0.39, 0.29) is 0 Å². The third kappa shape index (κ3) is 5.87. The van der Waals surface area contributed by atoms with Crippen molar-refractivity contribution in [2.45, 2.75) is 18.9 Å². The molecule has 192 valence electrons. The molecular formula is C31H35N3O3. The molecular weight excluding hydrogens is 462 g/mol. The van der Waals surface area contributed by atoms with E-state index in [1.165, 1.54) is 11.1 Å². The van der Waals surface area contributed by atoms with Crippen LogP contribution < -0.4 is 9.47 Å². The molecule has 6 heteroatoms. The summed E-state index contributed by atoms with van der Waals surface area (Å²) in [5.74, 6) is 2.25. The molecule has 0 N–H and O–H groups in total. The maximum absolute atomic E-state index is 5.65. The fourth-order valence-corrected chi connectivity index (χ4v) is 5.25. The summed E-state index contributed by atoms with van der Waals surface area (Å²) in [4.78, 5) is 5.18. The van der Waals surface area contributed by atoms with Crippen molar-refractivity contribution in [3.05, 3.63) is 102 Å². The lowest BCUT2D eigenvalue weighted by Crippen LogP contribution is -2.48. The van der Waals surface area contributed by atoms with Gasteiger partial charge in [0.15, 0.2) is 11.5 Å². The third-order valence-electron chi connectivity index (χ3n) is 7.14. The van der Waals surface area contributed by atoms with Crippen LogP contribution in [0.1, 0.15) is 29.3 Å². The van der Waals surface area contributed by atoms with Crippen molar-refractivity contribution in [2.75, 3.05) is 46.9 Å². The Morgan fingerprint density at radius 1 is 0.811 bits per heavy atom. The Labute approximate surface area is 219 Å². The Balaban J connectivity index is 1.16. The first-order valence-electron chi connectivity index (χ1n) is 13.0. The van der Waals surface area contributed by atoms with E-state index in [9.17, 15) is 0 Å². The van der Waals surface area contributed by atoms with E-state index in [1.54, 1.807) is 14.2 Å². The molecule has 0 radical (unpaired) electrons. The summed E-state index contributed by atoms with van der Waals surface area (Å²) < 4.78 is 16.6. The van der Waals surface area contributed by atoms with Gasteiger partial charge in [0.1, 0.15) is 11.5 Å². The minimum atomic E-state index is 0.297. The highest BCUT2D eigenvalue weighted by molar-refractivity contribution is 5.71. The fourth-order valence-electron chi connectivity index (χ4n) is 5.25. The number of piperazine rings is 1. The maximum Gasteiger partial charge on any atom is 0.170 e. The summed E-state index contributed by atoms with van der Waals surface area (Å²) in [6, 6.07) is 29.8. The van der Waals surface area contributed by atoms with Crippen LogP contribution >= 0.6 is 0 Å². The van der Waals surface area contributed by atoms with Crippen LogP contribution in [0.25, 0.3) is 11.3 Å². The first-order valence-corrected chi connectivity index (χ1v) is 13.0. The van der Waals surface area contributed by atoms with Crippen LogP contribution in [0.5, 0.6) is 11.5 Å². The average Bonchev–Trinajstić information content (AvgIpc) is 3.43. The summed E-state index contributed by atoms with van der Waals surface area (Å²) in [6.07, 6.45) is 1.89. The van der Waals surface area contributed by atoms with Gasteiger partial charge in [-0.2, -0.15) is 0 Å². The molecule has 6 nitrogen and oxygen atoms in total. The molecule has 1 aliphatic heterocycles. The van der Waals surface area contributed by atoms with E-state index >= 15 is 0 Å². The van der Waals surface area contributed by atoms with Crippen molar-refractivity contribution >= 4 is 0 Å². The van der Waals surface area contributed by atoms with Gasteiger partial charge in [-0.3, -0.25) is 4.90 Å². The van der Waals surface area contributed by atoms with Gasteiger partial charge in [0.25, 0.3) is 0 Å². The number of hydrogen-bond acceptors (Lipinski definition) is 6. The lowest BCUT2D eigenvalue weighted by molar-refractivity contribution is 0.108. The van der Waals surface area contributed by atoms with Crippen LogP contribution in [-0.4, -0.2) is 61.9 Å². The molecule has 0 saturated carbocycles. The molecule has 1 aromatic heterocycles. The highest BCUT2D eigenvalue weighted by atomic mass is 16.5. The van der Waals surface area contributed by atoms with E-state index in [0.717, 1.165) is 62.6 Å². The summed E-state index contributed by atoms with van der Waals surface area (Å²) in [6.45, 7) is 5.29. The average molecular weight is 498 g/mol. The molecule has 0 amide bonds. The maximum atomic E-state index is 5.65. The zero-order chi connectivity index (χ0) is 25.5. The Hall–Kier alpha value is -3.61. The Morgan fingerprint density at radius 3 is 2.11 bits per heavy atom. The zero-order valence-electron chi connectivity index (χ0n) is 21.7. The van der Waals surface area contributed by atoms with Gasteiger partial charge >= 0.3 is 0 Å². The normalized spacial score (nSPS) is 14.7. The van der Waals surface area contributed by atoms with Gasteiger partial charge in [-0.1, -0.05) is 71.9 Å². The predicted molar refractivity (Wildman–Crippen MR) is 146 cm³/mol. The highest BCUT2D eigenvalue weighted by Crippen LogP contribution is 2.37. The molecule has 2 heterocycles. The quantitative estimate of drug-likeness (QED) is 0.280. The monoisotopic (exact) mass is 497 g/mol. The van der Waals surface area contributed by atoms with Crippen molar-refractivity contribution in [3.63, 3.8) is 0 Å². The highest BCUT2D eigenvalue weighted by Gasteiger charge is 2.26. The van der Waals surface area contributed by atoms with Crippen LogP contribution in [0.4, 0.5) is 0 Å². The molecule has 0 bridgehead atoms. The van der Waals surface area contributed by atoms with Crippen molar-refractivity contribution < 1.29 is 14.0 Å². The SMILES string of the molecule is COc1cccc(-c2cc(CCCN3CCN(C(c4ccccc4)c4ccccc4)CC3)on2)c1OC.